The molecule has 0 aliphatic rings. The van der Waals surface area contributed by atoms with Crippen molar-refractivity contribution in [3.63, 3.8) is 0 Å². The van der Waals surface area contributed by atoms with E-state index in [9.17, 15) is 0 Å². The lowest BCUT2D eigenvalue weighted by atomic mass is 10.0. The molecule has 0 radical (unpaired) electrons. The van der Waals surface area contributed by atoms with E-state index in [2.05, 4.69) is 0 Å². The first kappa shape index (κ1) is 21.4. The van der Waals surface area contributed by atoms with Crippen molar-refractivity contribution in [1.82, 2.24) is 0 Å². The van der Waals surface area contributed by atoms with Crippen LogP contribution in [0.2, 0.25) is 0 Å². The van der Waals surface area contributed by atoms with Crippen LogP contribution in [0, 0.1) is 0 Å². The first-order valence-corrected chi connectivity index (χ1v) is 9.80. The molecular weight excluding hydrogens is 445 g/mol. The lowest BCUT2D eigenvalue weighted by molar-refractivity contribution is -0.0228. The number of rotatable bonds is 6. The van der Waals surface area contributed by atoms with E-state index in [0.29, 0.717) is 0 Å². The zero-order valence-electron chi connectivity index (χ0n) is 13.0. The molecule has 0 amide bonds. The zero-order valence-corrected chi connectivity index (χ0v) is 17.6. The van der Waals surface area contributed by atoms with E-state index in [1.165, 1.54) is 0 Å². The van der Waals surface area contributed by atoms with Crippen molar-refractivity contribution in [1.29, 1.82) is 0 Å². The predicted molar refractivity (Wildman–Crippen MR) is 109 cm³/mol. The van der Waals surface area contributed by atoms with Crippen molar-refractivity contribution in [2.75, 3.05) is 0 Å². The van der Waals surface area contributed by atoms with E-state index in [-0.39, 0.29) is 12.8 Å². The van der Waals surface area contributed by atoms with Gasteiger partial charge < -0.3 is 4.74 Å². The molecule has 0 heterocycles. The lowest BCUT2D eigenvalue weighted by Crippen LogP contribution is -2.20. The van der Waals surface area contributed by atoms with Crippen LogP contribution in [-0.2, 0) is 4.74 Å². The first-order valence-electron chi connectivity index (χ1n) is 7.53. The average molecular weight is 461 g/mol. The van der Waals surface area contributed by atoms with E-state index in [0.717, 1.165) is 11.1 Å². The van der Waals surface area contributed by atoms with Crippen LogP contribution < -0.4 is 0 Å². The van der Waals surface area contributed by atoms with E-state index in [4.69, 9.17) is 74.3 Å². The fraction of sp³-hybridized carbons (Fsp3) is 0.333. The highest BCUT2D eigenvalue weighted by Gasteiger charge is 2.33. The topological polar surface area (TPSA) is 9.23 Å². The predicted octanol–water partition coefficient (Wildman–Crippen LogP) is 8.01. The largest absolute Gasteiger partial charge is 0.365 e. The van der Waals surface area contributed by atoms with Crippen molar-refractivity contribution >= 4 is 69.6 Å². The molecule has 136 valence electrons. The average Bonchev–Trinajstić information content (AvgIpc) is 2.53. The summed E-state index contributed by atoms with van der Waals surface area (Å²) in [6, 6.07) is 19.1. The van der Waals surface area contributed by atoms with Gasteiger partial charge in [0.1, 0.15) is 0 Å². The Kier molecular flexibility index (Phi) is 8.04. The smallest absolute Gasteiger partial charge is 0.193 e. The molecule has 7 heteroatoms. The van der Waals surface area contributed by atoms with Crippen LogP contribution in [-0.4, -0.2) is 7.59 Å². The third kappa shape index (κ3) is 8.13. The molecule has 2 aromatic carbocycles. The molecule has 0 fully saturated rings. The molecule has 0 aliphatic heterocycles. The van der Waals surface area contributed by atoms with Crippen LogP contribution in [0.4, 0.5) is 0 Å². The summed E-state index contributed by atoms with van der Waals surface area (Å²) in [5, 5.41) is 0. The van der Waals surface area contributed by atoms with Gasteiger partial charge in [-0.2, -0.15) is 0 Å². The number of alkyl halides is 6. The Bertz CT molecular complexity index is 579. The minimum atomic E-state index is -1.47. The van der Waals surface area contributed by atoms with Gasteiger partial charge in [-0.15, -0.1) is 0 Å². The molecule has 0 aromatic heterocycles. The molecule has 2 rings (SSSR count). The van der Waals surface area contributed by atoms with Gasteiger partial charge >= 0.3 is 0 Å². The Morgan fingerprint density at radius 1 is 0.600 bits per heavy atom. The van der Waals surface area contributed by atoms with Gasteiger partial charge in [-0.05, 0) is 11.1 Å². The minimum absolute atomic E-state index is 0.171. The Morgan fingerprint density at radius 3 is 1.20 bits per heavy atom. The minimum Gasteiger partial charge on any atom is -0.365 e. The second kappa shape index (κ2) is 9.37. The monoisotopic (exact) mass is 458 g/mol. The third-order valence-corrected chi connectivity index (χ3v) is 4.43. The van der Waals surface area contributed by atoms with Crippen LogP contribution in [0.15, 0.2) is 60.7 Å². The summed E-state index contributed by atoms with van der Waals surface area (Å²) in [5.74, 6) is 0. The Balaban J connectivity index is 2.31. The van der Waals surface area contributed by atoms with Crippen molar-refractivity contribution in [2.45, 2.75) is 32.6 Å². The fourth-order valence-electron chi connectivity index (χ4n) is 2.44. The van der Waals surface area contributed by atoms with Crippen molar-refractivity contribution in [3.8, 4) is 0 Å². The molecule has 0 aliphatic carbocycles. The Morgan fingerprint density at radius 2 is 0.920 bits per heavy atom. The molecule has 2 aromatic rings. The Labute approximate surface area is 178 Å². The van der Waals surface area contributed by atoms with E-state index in [1.54, 1.807) is 0 Å². The number of ether oxygens (including phenoxy) is 1. The summed E-state index contributed by atoms with van der Waals surface area (Å²) in [6.45, 7) is 0. The highest BCUT2D eigenvalue weighted by atomic mass is 35.6. The summed E-state index contributed by atoms with van der Waals surface area (Å²) in [7, 11) is 0. The van der Waals surface area contributed by atoms with Crippen molar-refractivity contribution in [3.05, 3.63) is 71.8 Å². The maximum Gasteiger partial charge on any atom is 0.193 e. The zero-order chi connectivity index (χ0) is 18.5. The van der Waals surface area contributed by atoms with Gasteiger partial charge in [0.05, 0.1) is 12.2 Å². The number of hydrogen-bond acceptors (Lipinski definition) is 1. The first-order chi connectivity index (χ1) is 11.6. The van der Waals surface area contributed by atoms with E-state index >= 15 is 0 Å². The second-order valence-electron chi connectivity index (χ2n) is 5.57. The standard InChI is InChI=1S/C18H16Cl6O/c19-17(20,21)11-15(13-7-3-1-4-8-13)25-16(12-18(22,23)24)14-9-5-2-6-10-14/h1-10,15-16H,11-12H2. The normalized spacial score (nSPS) is 15.0. The maximum absolute atomic E-state index is 6.27. The Hall–Kier alpha value is 0.140. The van der Waals surface area contributed by atoms with Gasteiger partial charge in [0.25, 0.3) is 0 Å². The molecule has 25 heavy (non-hydrogen) atoms. The van der Waals surface area contributed by atoms with Gasteiger partial charge in [-0.25, -0.2) is 0 Å². The highest BCUT2D eigenvalue weighted by molar-refractivity contribution is 6.68. The summed E-state index contributed by atoms with van der Waals surface area (Å²) < 4.78 is 3.33. The van der Waals surface area contributed by atoms with Crippen LogP contribution in [0.3, 0.4) is 0 Å². The SMILES string of the molecule is ClC(Cl)(Cl)CC(OC(CC(Cl)(Cl)Cl)c1ccccc1)c1ccccc1. The van der Waals surface area contributed by atoms with Gasteiger partial charge in [0, 0.05) is 12.8 Å². The van der Waals surface area contributed by atoms with Gasteiger partial charge in [-0.1, -0.05) is 130 Å². The molecule has 2 atom stereocenters. The molecule has 2 unspecified atom stereocenters. The number of hydrogen-bond donors (Lipinski definition) is 0. The van der Waals surface area contributed by atoms with Gasteiger partial charge in [0.2, 0.25) is 0 Å². The van der Waals surface area contributed by atoms with Crippen molar-refractivity contribution in [2.24, 2.45) is 0 Å². The quantitative estimate of drug-likeness (QED) is 0.396. The van der Waals surface area contributed by atoms with Crippen LogP contribution >= 0.6 is 69.6 Å². The van der Waals surface area contributed by atoms with Gasteiger partial charge in [0.15, 0.2) is 7.59 Å². The number of halogens is 6. The lowest BCUT2D eigenvalue weighted by Gasteiger charge is -2.29. The van der Waals surface area contributed by atoms with Crippen LogP contribution in [0.5, 0.6) is 0 Å². The molecule has 0 saturated carbocycles. The molecule has 0 saturated heterocycles. The molecule has 0 bridgehead atoms. The summed E-state index contributed by atoms with van der Waals surface area (Å²) >= 11 is 36.1. The molecule has 0 spiro atoms. The molecule has 0 N–H and O–H groups in total. The van der Waals surface area contributed by atoms with E-state index < -0.39 is 19.8 Å². The maximum atomic E-state index is 6.27. The highest BCUT2D eigenvalue weighted by Crippen LogP contribution is 2.44. The van der Waals surface area contributed by atoms with Crippen molar-refractivity contribution < 1.29 is 4.74 Å². The molecule has 1 nitrogen and oxygen atoms in total. The van der Waals surface area contributed by atoms with Crippen LogP contribution in [0.1, 0.15) is 36.2 Å². The van der Waals surface area contributed by atoms with Gasteiger partial charge in [-0.3, -0.25) is 0 Å². The van der Waals surface area contributed by atoms with E-state index in [1.807, 2.05) is 60.7 Å². The summed E-state index contributed by atoms with van der Waals surface area (Å²) in [4.78, 5) is 0. The number of benzene rings is 2. The fourth-order valence-corrected chi connectivity index (χ4v) is 3.28. The second-order valence-corrected chi connectivity index (χ2v) is 10.6. The third-order valence-electron chi connectivity index (χ3n) is 3.50. The van der Waals surface area contributed by atoms with Crippen LogP contribution in [0.25, 0.3) is 0 Å². The summed E-state index contributed by atoms with van der Waals surface area (Å²) in [6.07, 6.45) is -0.590. The summed E-state index contributed by atoms with van der Waals surface area (Å²) in [5.41, 5.74) is 1.78. The molecular formula is C18H16Cl6O.